The summed E-state index contributed by atoms with van der Waals surface area (Å²) in [6, 6.07) is 5.60. The highest BCUT2D eigenvalue weighted by Crippen LogP contribution is 2.27. The van der Waals surface area contributed by atoms with Crippen molar-refractivity contribution in [3.8, 4) is 0 Å². The number of aryl methyl sites for hydroxylation is 2. The number of carboxylic acid groups (broad SMARTS) is 2. The van der Waals surface area contributed by atoms with Gasteiger partial charge in [-0.1, -0.05) is 11.2 Å². The molecule has 2 aromatic heterocycles. The molecule has 39 heavy (non-hydrogen) atoms. The zero-order valence-corrected chi connectivity index (χ0v) is 20.5. The largest absolute Gasteiger partial charge is 0.490 e. The number of halogens is 6. The summed E-state index contributed by atoms with van der Waals surface area (Å²) in [7, 11) is 0. The average molecular weight is 570 g/mol. The Morgan fingerprint density at radius 1 is 1.03 bits per heavy atom. The van der Waals surface area contributed by atoms with Crippen LogP contribution in [0.25, 0.3) is 0 Å². The zero-order valence-electron chi connectivity index (χ0n) is 20.5. The number of aliphatic carboxylic acids is 2. The van der Waals surface area contributed by atoms with Crippen LogP contribution in [0.1, 0.15) is 27.5 Å². The second kappa shape index (κ2) is 12.9. The lowest BCUT2D eigenvalue weighted by molar-refractivity contribution is -0.193. The number of fused-ring (bicyclic) bond motifs is 1. The van der Waals surface area contributed by atoms with Gasteiger partial charge in [0.2, 0.25) is 0 Å². The van der Waals surface area contributed by atoms with Crippen LogP contribution in [-0.2, 0) is 20.9 Å². The van der Waals surface area contributed by atoms with E-state index in [0.29, 0.717) is 25.4 Å². The summed E-state index contributed by atoms with van der Waals surface area (Å²) in [6.07, 6.45) is -8.47. The van der Waals surface area contributed by atoms with Crippen molar-refractivity contribution in [1.29, 1.82) is 0 Å². The molecule has 4 rings (SSSR count). The minimum atomic E-state index is -5.08. The van der Waals surface area contributed by atoms with Crippen LogP contribution in [-0.4, -0.2) is 98.7 Å². The van der Waals surface area contributed by atoms with E-state index in [9.17, 15) is 31.1 Å². The minimum Gasteiger partial charge on any atom is -0.475 e. The van der Waals surface area contributed by atoms with Gasteiger partial charge < -0.3 is 24.4 Å². The van der Waals surface area contributed by atoms with E-state index in [4.69, 9.17) is 29.1 Å². The van der Waals surface area contributed by atoms with Crippen molar-refractivity contribution in [2.45, 2.75) is 44.9 Å². The third-order valence-electron chi connectivity index (χ3n) is 5.62. The second-order valence-electron chi connectivity index (χ2n) is 8.28. The van der Waals surface area contributed by atoms with Crippen molar-refractivity contribution in [3.63, 3.8) is 0 Å². The van der Waals surface area contributed by atoms with Gasteiger partial charge in [0.25, 0.3) is 5.91 Å². The van der Waals surface area contributed by atoms with Crippen molar-refractivity contribution >= 4 is 17.8 Å². The molecule has 2 saturated heterocycles. The van der Waals surface area contributed by atoms with Gasteiger partial charge in [0.05, 0.1) is 24.4 Å². The Morgan fingerprint density at radius 2 is 1.62 bits per heavy atom. The lowest BCUT2D eigenvalue weighted by Crippen LogP contribution is -2.50. The number of pyridine rings is 1. The number of hydrogen-bond acceptors (Lipinski definition) is 8. The van der Waals surface area contributed by atoms with Crippen LogP contribution >= 0.6 is 0 Å². The first-order valence-electron chi connectivity index (χ1n) is 11.1. The summed E-state index contributed by atoms with van der Waals surface area (Å²) < 4.78 is 74.7. The van der Waals surface area contributed by atoms with Gasteiger partial charge in [-0.05, 0) is 26.0 Å². The molecule has 4 heterocycles. The first-order chi connectivity index (χ1) is 18.0. The molecule has 2 N–H and O–H groups in total. The van der Waals surface area contributed by atoms with Gasteiger partial charge in [0.15, 0.2) is 0 Å². The van der Waals surface area contributed by atoms with Gasteiger partial charge in [-0.3, -0.25) is 14.7 Å². The Kier molecular flexibility index (Phi) is 10.4. The van der Waals surface area contributed by atoms with E-state index in [1.807, 2.05) is 30.9 Å². The third kappa shape index (κ3) is 8.91. The monoisotopic (exact) mass is 570 g/mol. The number of carboxylic acids is 2. The van der Waals surface area contributed by atoms with Gasteiger partial charge >= 0.3 is 24.3 Å². The van der Waals surface area contributed by atoms with Gasteiger partial charge in [-0.15, -0.1) is 0 Å². The van der Waals surface area contributed by atoms with Crippen molar-refractivity contribution in [2.75, 3.05) is 26.2 Å². The SMILES string of the molecule is Cc1noc(C)c1CN1CCO[C@H]2CN(C(=O)c3ccccn3)C[C@H]21.O=C(O)C(F)(F)F.O=C(O)C(F)(F)F. The number of amides is 1. The molecule has 0 spiro atoms. The fourth-order valence-corrected chi connectivity index (χ4v) is 3.70. The van der Waals surface area contributed by atoms with Crippen LogP contribution < -0.4 is 0 Å². The molecule has 0 radical (unpaired) electrons. The van der Waals surface area contributed by atoms with Gasteiger partial charge in [0, 0.05) is 37.9 Å². The molecule has 11 nitrogen and oxygen atoms in total. The molecule has 2 aliphatic heterocycles. The van der Waals surface area contributed by atoms with Crippen LogP contribution in [0.4, 0.5) is 26.3 Å². The number of ether oxygens (including phenoxy) is 1. The molecule has 17 heteroatoms. The first-order valence-corrected chi connectivity index (χ1v) is 11.1. The van der Waals surface area contributed by atoms with Crippen molar-refractivity contribution in [3.05, 3.63) is 47.1 Å². The van der Waals surface area contributed by atoms with E-state index < -0.39 is 24.3 Å². The summed E-state index contributed by atoms with van der Waals surface area (Å²) in [5.74, 6) is -4.68. The second-order valence-corrected chi connectivity index (χ2v) is 8.28. The molecule has 2 aliphatic rings. The number of rotatable bonds is 3. The molecule has 0 aromatic carbocycles. The Morgan fingerprint density at radius 3 is 2.08 bits per heavy atom. The van der Waals surface area contributed by atoms with E-state index in [-0.39, 0.29) is 18.1 Å². The van der Waals surface area contributed by atoms with Crippen molar-refractivity contribution in [2.24, 2.45) is 0 Å². The number of carbonyl (C=O) groups is 3. The maximum atomic E-state index is 12.7. The van der Waals surface area contributed by atoms with E-state index in [1.165, 1.54) is 0 Å². The predicted octanol–water partition coefficient (Wildman–Crippen LogP) is 2.68. The molecule has 0 aliphatic carbocycles. The van der Waals surface area contributed by atoms with Crippen molar-refractivity contribution < 1.29 is 60.2 Å². The molecule has 0 saturated carbocycles. The quantitative estimate of drug-likeness (QED) is 0.528. The number of hydrogen-bond donors (Lipinski definition) is 2. The number of aromatic nitrogens is 2. The number of nitrogens with zero attached hydrogens (tertiary/aromatic N) is 4. The molecule has 0 unspecified atom stereocenters. The van der Waals surface area contributed by atoms with Crippen LogP contribution in [0.2, 0.25) is 0 Å². The predicted molar refractivity (Wildman–Crippen MR) is 117 cm³/mol. The fourth-order valence-electron chi connectivity index (χ4n) is 3.70. The Bertz CT molecular complexity index is 1100. The Balaban J connectivity index is 0.000000317. The molecule has 0 bridgehead atoms. The molecule has 1 amide bonds. The van der Waals surface area contributed by atoms with Crippen molar-refractivity contribution in [1.82, 2.24) is 19.9 Å². The molecule has 2 atom stereocenters. The lowest BCUT2D eigenvalue weighted by Gasteiger charge is -2.36. The van der Waals surface area contributed by atoms with Gasteiger partial charge in [-0.25, -0.2) is 9.59 Å². The minimum absolute atomic E-state index is 0.0316. The number of likely N-dealkylation sites (tertiary alicyclic amines) is 1. The summed E-state index contributed by atoms with van der Waals surface area (Å²) in [5, 5.41) is 18.3. The highest BCUT2D eigenvalue weighted by atomic mass is 19.4. The van der Waals surface area contributed by atoms with Gasteiger partial charge in [-0.2, -0.15) is 26.3 Å². The third-order valence-corrected chi connectivity index (χ3v) is 5.62. The average Bonchev–Trinajstić information content (AvgIpc) is 3.43. The lowest BCUT2D eigenvalue weighted by atomic mass is 10.1. The van der Waals surface area contributed by atoms with E-state index in [1.54, 1.807) is 12.3 Å². The van der Waals surface area contributed by atoms with E-state index in [2.05, 4.69) is 15.0 Å². The normalized spacial score (nSPS) is 19.2. The van der Waals surface area contributed by atoms with Crippen LogP contribution in [0, 0.1) is 13.8 Å². The maximum Gasteiger partial charge on any atom is 0.490 e. The van der Waals surface area contributed by atoms with Gasteiger partial charge in [0.1, 0.15) is 11.5 Å². The molecule has 2 aromatic rings. The highest BCUT2D eigenvalue weighted by Gasteiger charge is 2.42. The maximum absolute atomic E-state index is 12.7. The molecule has 216 valence electrons. The fraction of sp³-hybridized carbons (Fsp3) is 0.500. The number of carbonyl (C=O) groups excluding carboxylic acids is 1. The summed E-state index contributed by atoms with van der Waals surface area (Å²) in [6.45, 7) is 7.47. The zero-order chi connectivity index (χ0) is 29.5. The number of morpholine rings is 1. The molecule has 2 fully saturated rings. The Hall–Kier alpha value is -3.73. The molecular weight excluding hydrogens is 546 g/mol. The summed E-state index contributed by atoms with van der Waals surface area (Å²) in [5.41, 5.74) is 2.55. The molecular formula is C22H24F6N4O7. The Labute approximate surface area is 216 Å². The van der Waals surface area contributed by atoms with E-state index >= 15 is 0 Å². The smallest absolute Gasteiger partial charge is 0.475 e. The van der Waals surface area contributed by atoms with Crippen LogP contribution in [0.15, 0.2) is 28.9 Å². The highest BCUT2D eigenvalue weighted by molar-refractivity contribution is 5.92. The van der Waals surface area contributed by atoms with Crippen LogP contribution in [0.3, 0.4) is 0 Å². The summed E-state index contributed by atoms with van der Waals surface area (Å²) >= 11 is 0. The van der Waals surface area contributed by atoms with Crippen LogP contribution in [0.5, 0.6) is 0 Å². The topological polar surface area (TPSA) is 146 Å². The summed E-state index contributed by atoms with van der Waals surface area (Å²) in [4.78, 5) is 38.9. The first kappa shape index (κ1) is 31.5. The van der Waals surface area contributed by atoms with E-state index in [0.717, 1.165) is 30.1 Å². The number of alkyl halides is 6. The standard InChI is InChI=1S/C18H22N4O3.2C2HF3O2/c1-12-14(13(2)25-20-12)9-21-7-8-24-17-11-22(10-16(17)21)18(23)15-5-3-4-6-19-15;2*3-2(4,5)1(6)7/h3-6,16-17H,7-11H2,1-2H3;2*(H,6,7)/t16-,17+;;/m1../s1.